The monoisotopic (exact) mass is 347 g/mol. The number of pyridine rings is 1. The molecular formula is C10H7BrF5NO2. The molecule has 0 atom stereocenters. The summed E-state index contributed by atoms with van der Waals surface area (Å²) in [6.07, 6.45) is -8.02. The number of hydrogen-bond acceptors (Lipinski definition) is 3. The zero-order chi connectivity index (χ0) is 14.8. The van der Waals surface area contributed by atoms with Gasteiger partial charge in [0.1, 0.15) is 10.3 Å². The van der Waals surface area contributed by atoms with Gasteiger partial charge in [0.25, 0.3) is 6.43 Å². The normalized spacial score (nSPS) is 11.8. The fourth-order valence-corrected chi connectivity index (χ4v) is 1.83. The van der Waals surface area contributed by atoms with Crippen molar-refractivity contribution in [2.24, 2.45) is 0 Å². The van der Waals surface area contributed by atoms with E-state index in [1.807, 2.05) is 0 Å². The lowest BCUT2D eigenvalue weighted by Gasteiger charge is -2.13. The summed E-state index contributed by atoms with van der Waals surface area (Å²) in [5.74, 6) is -1.26. The van der Waals surface area contributed by atoms with E-state index < -0.39 is 40.0 Å². The predicted octanol–water partition coefficient (Wildman–Crippen LogP) is 3.98. The van der Waals surface area contributed by atoms with E-state index in [9.17, 15) is 26.7 Å². The van der Waals surface area contributed by atoms with E-state index in [0.717, 1.165) is 0 Å². The Balaban J connectivity index is 3.46. The van der Waals surface area contributed by atoms with Crippen molar-refractivity contribution in [1.29, 1.82) is 0 Å². The van der Waals surface area contributed by atoms with Crippen LogP contribution in [0.4, 0.5) is 22.0 Å². The van der Waals surface area contributed by atoms with Crippen LogP contribution in [0.1, 0.15) is 35.0 Å². The van der Waals surface area contributed by atoms with Crippen LogP contribution in [0.3, 0.4) is 0 Å². The highest BCUT2D eigenvalue weighted by Gasteiger charge is 2.36. The second-order valence-corrected chi connectivity index (χ2v) is 4.03. The third kappa shape index (κ3) is 3.62. The summed E-state index contributed by atoms with van der Waals surface area (Å²) >= 11 is 2.51. The van der Waals surface area contributed by atoms with E-state index in [1.165, 1.54) is 6.92 Å². The molecule has 0 aliphatic rings. The maximum atomic E-state index is 12.8. The van der Waals surface area contributed by atoms with Gasteiger partial charge in [-0.25, -0.2) is 18.6 Å². The number of carbonyl (C=O) groups excluding carboxylic acids is 1. The van der Waals surface area contributed by atoms with Crippen molar-refractivity contribution >= 4 is 21.9 Å². The number of rotatable bonds is 3. The number of ether oxygens (including phenoxy) is 1. The van der Waals surface area contributed by atoms with Crippen LogP contribution < -0.4 is 0 Å². The molecule has 3 nitrogen and oxygen atoms in total. The lowest BCUT2D eigenvalue weighted by atomic mass is 10.1. The number of esters is 1. The summed E-state index contributed by atoms with van der Waals surface area (Å²) in [5.41, 5.74) is -3.23. The van der Waals surface area contributed by atoms with E-state index in [4.69, 9.17) is 0 Å². The lowest BCUT2D eigenvalue weighted by Crippen LogP contribution is -2.15. The Morgan fingerprint density at radius 3 is 2.47 bits per heavy atom. The summed E-state index contributed by atoms with van der Waals surface area (Å²) in [7, 11) is 0. The number of alkyl halides is 5. The van der Waals surface area contributed by atoms with Gasteiger partial charge in [-0.05, 0) is 28.9 Å². The van der Waals surface area contributed by atoms with Crippen molar-refractivity contribution < 1.29 is 31.5 Å². The minimum Gasteiger partial charge on any atom is -0.462 e. The molecule has 19 heavy (non-hydrogen) atoms. The summed E-state index contributed by atoms with van der Waals surface area (Å²) in [6.45, 7) is 1.25. The number of hydrogen-bond donors (Lipinski definition) is 0. The second kappa shape index (κ2) is 5.81. The third-order valence-electron chi connectivity index (χ3n) is 2.02. The molecule has 0 saturated heterocycles. The molecule has 9 heteroatoms. The first-order chi connectivity index (χ1) is 8.68. The molecule has 0 amide bonds. The van der Waals surface area contributed by atoms with E-state index in [2.05, 4.69) is 25.7 Å². The predicted molar refractivity (Wildman–Crippen MR) is 57.9 cm³/mol. The van der Waals surface area contributed by atoms with Gasteiger partial charge in [0, 0.05) is 0 Å². The highest BCUT2D eigenvalue weighted by molar-refractivity contribution is 9.10. The van der Waals surface area contributed by atoms with Crippen molar-refractivity contribution in [1.82, 2.24) is 4.98 Å². The van der Waals surface area contributed by atoms with Gasteiger partial charge in [-0.15, -0.1) is 0 Å². The Bertz CT molecular complexity index is 490. The molecule has 0 radical (unpaired) electrons. The Kier molecular flexibility index (Phi) is 4.83. The highest BCUT2D eigenvalue weighted by Crippen LogP contribution is 2.35. The van der Waals surface area contributed by atoms with E-state index in [1.54, 1.807) is 0 Å². The smallest absolute Gasteiger partial charge is 0.433 e. The minimum absolute atomic E-state index is 0.150. The van der Waals surface area contributed by atoms with Gasteiger partial charge in [-0.3, -0.25) is 0 Å². The van der Waals surface area contributed by atoms with Gasteiger partial charge >= 0.3 is 12.1 Å². The molecule has 0 aliphatic carbocycles. The van der Waals surface area contributed by atoms with E-state index in [-0.39, 0.29) is 12.7 Å². The fraction of sp³-hybridized carbons (Fsp3) is 0.400. The molecule has 0 unspecified atom stereocenters. The SMILES string of the molecule is CCOC(=O)c1cc(C(F)(F)F)nc(Br)c1C(F)F. The molecule has 1 heterocycles. The van der Waals surface area contributed by atoms with Crippen LogP contribution in [0.5, 0.6) is 0 Å². The van der Waals surface area contributed by atoms with Crippen LogP contribution in [0.25, 0.3) is 0 Å². The van der Waals surface area contributed by atoms with Gasteiger partial charge in [-0.1, -0.05) is 0 Å². The molecule has 106 valence electrons. The van der Waals surface area contributed by atoms with Gasteiger partial charge in [0.15, 0.2) is 0 Å². The van der Waals surface area contributed by atoms with Crippen LogP contribution in [-0.4, -0.2) is 17.6 Å². The first-order valence-corrected chi connectivity index (χ1v) is 5.70. The van der Waals surface area contributed by atoms with Crippen molar-refractivity contribution in [3.8, 4) is 0 Å². The maximum Gasteiger partial charge on any atom is 0.433 e. The summed E-state index contributed by atoms with van der Waals surface area (Å²) < 4.78 is 66.8. The molecular weight excluding hydrogens is 341 g/mol. The molecule has 0 N–H and O–H groups in total. The van der Waals surface area contributed by atoms with Gasteiger partial charge < -0.3 is 4.74 Å². The molecule has 1 rings (SSSR count). The maximum absolute atomic E-state index is 12.8. The second-order valence-electron chi connectivity index (χ2n) is 3.28. The summed E-state index contributed by atoms with van der Waals surface area (Å²) in [5, 5.41) is 0. The average molecular weight is 348 g/mol. The first kappa shape index (κ1) is 15.8. The number of carbonyl (C=O) groups is 1. The Morgan fingerprint density at radius 2 is 2.05 bits per heavy atom. The standard InChI is InChI=1S/C10H7BrF5NO2/c1-2-19-9(18)4-3-5(10(14,15)16)17-7(11)6(4)8(12)13/h3,8H,2H2,1H3. The molecule has 0 aromatic carbocycles. The highest BCUT2D eigenvalue weighted by atomic mass is 79.9. The van der Waals surface area contributed by atoms with Crippen LogP contribution in [0, 0.1) is 0 Å². The van der Waals surface area contributed by atoms with Crippen molar-refractivity contribution in [3.63, 3.8) is 0 Å². The van der Waals surface area contributed by atoms with Crippen molar-refractivity contribution in [2.75, 3.05) is 6.61 Å². The first-order valence-electron chi connectivity index (χ1n) is 4.91. The van der Waals surface area contributed by atoms with Crippen LogP contribution in [-0.2, 0) is 10.9 Å². The van der Waals surface area contributed by atoms with Crippen LogP contribution >= 0.6 is 15.9 Å². The zero-order valence-electron chi connectivity index (χ0n) is 9.39. The summed E-state index contributed by atoms with van der Waals surface area (Å²) in [4.78, 5) is 14.4. The van der Waals surface area contributed by atoms with Gasteiger partial charge in [0.05, 0.1) is 17.7 Å². The quantitative estimate of drug-likeness (QED) is 0.471. The Hall–Kier alpha value is -1.25. The third-order valence-corrected chi connectivity index (χ3v) is 2.62. The molecule has 0 saturated carbocycles. The fourth-order valence-electron chi connectivity index (χ4n) is 1.25. The van der Waals surface area contributed by atoms with Gasteiger partial charge in [0.2, 0.25) is 0 Å². The molecule has 0 bridgehead atoms. The lowest BCUT2D eigenvalue weighted by molar-refractivity contribution is -0.141. The topological polar surface area (TPSA) is 39.2 Å². The van der Waals surface area contributed by atoms with Crippen molar-refractivity contribution in [2.45, 2.75) is 19.5 Å². The molecule has 1 aromatic heterocycles. The Morgan fingerprint density at radius 1 is 1.47 bits per heavy atom. The van der Waals surface area contributed by atoms with Crippen molar-refractivity contribution in [3.05, 3.63) is 27.5 Å². The number of halogens is 6. The van der Waals surface area contributed by atoms with Crippen LogP contribution in [0.15, 0.2) is 10.7 Å². The molecule has 0 spiro atoms. The molecule has 0 aliphatic heterocycles. The zero-order valence-corrected chi connectivity index (χ0v) is 11.0. The van der Waals surface area contributed by atoms with Crippen LogP contribution in [0.2, 0.25) is 0 Å². The van der Waals surface area contributed by atoms with E-state index >= 15 is 0 Å². The van der Waals surface area contributed by atoms with E-state index in [0.29, 0.717) is 0 Å². The molecule has 1 aromatic rings. The minimum atomic E-state index is -4.86. The average Bonchev–Trinajstić information content (AvgIpc) is 2.26. The largest absolute Gasteiger partial charge is 0.462 e. The number of nitrogens with zero attached hydrogens (tertiary/aromatic N) is 1. The Labute approximate surface area is 112 Å². The number of aromatic nitrogens is 1. The molecule has 0 fully saturated rings. The van der Waals surface area contributed by atoms with Gasteiger partial charge in [-0.2, -0.15) is 13.2 Å². The summed E-state index contributed by atoms with van der Waals surface area (Å²) in [6, 6.07) is 0.254.